The molecule has 0 spiro atoms. The molecule has 5 nitrogen and oxygen atoms in total. The monoisotopic (exact) mass is 281 g/mol. The number of hydrogen-bond donors (Lipinski definition) is 2. The minimum atomic E-state index is 0.100. The highest BCUT2D eigenvalue weighted by molar-refractivity contribution is 5.79. The van der Waals surface area contributed by atoms with Crippen molar-refractivity contribution >= 4 is 11.8 Å². The zero-order chi connectivity index (χ0) is 14.2. The van der Waals surface area contributed by atoms with Gasteiger partial charge in [-0.3, -0.25) is 9.59 Å². The Labute approximate surface area is 121 Å². The lowest BCUT2D eigenvalue weighted by Gasteiger charge is -2.26. The minimum Gasteiger partial charge on any atom is -0.356 e. The third-order valence-electron chi connectivity index (χ3n) is 4.30. The Morgan fingerprint density at radius 1 is 1.10 bits per heavy atom. The van der Waals surface area contributed by atoms with Gasteiger partial charge in [0.15, 0.2) is 0 Å². The Hall–Kier alpha value is -1.10. The van der Waals surface area contributed by atoms with Gasteiger partial charge in [-0.1, -0.05) is 0 Å². The first kappa shape index (κ1) is 15.3. The second-order valence-electron chi connectivity index (χ2n) is 5.94. The Kier molecular flexibility index (Phi) is 6.30. The van der Waals surface area contributed by atoms with Crippen LogP contribution in [0.3, 0.4) is 0 Å². The third kappa shape index (κ3) is 5.12. The summed E-state index contributed by atoms with van der Waals surface area (Å²) in [6, 6.07) is 0. The molecule has 0 aliphatic carbocycles. The number of hydrogen-bond acceptors (Lipinski definition) is 3. The van der Waals surface area contributed by atoms with Crippen molar-refractivity contribution in [3.63, 3.8) is 0 Å². The average molecular weight is 281 g/mol. The highest BCUT2D eigenvalue weighted by Gasteiger charge is 2.18. The van der Waals surface area contributed by atoms with Gasteiger partial charge in [-0.15, -0.1) is 0 Å². The van der Waals surface area contributed by atoms with Gasteiger partial charge in [0.1, 0.15) is 0 Å². The second-order valence-corrected chi connectivity index (χ2v) is 5.94. The zero-order valence-electron chi connectivity index (χ0n) is 12.3. The molecular weight excluding hydrogens is 254 g/mol. The van der Waals surface area contributed by atoms with Gasteiger partial charge >= 0.3 is 0 Å². The highest BCUT2D eigenvalue weighted by atomic mass is 16.2. The van der Waals surface area contributed by atoms with Crippen LogP contribution in [0.2, 0.25) is 0 Å². The van der Waals surface area contributed by atoms with Gasteiger partial charge in [-0.2, -0.15) is 0 Å². The first-order chi connectivity index (χ1) is 9.75. The molecule has 2 N–H and O–H groups in total. The number of carbonyl (C=O) groups is 2. The molecular formula is C15H27N3O2. The maximum atomic E-state index is 11.9. The van der Waals surface area contributed by atoms with Gasteiger partial charge in [0, 0.05) is 32.5 Å². The summed E-state index contributed by atoms with van der Waals surface area (Å²) in [5.41, 5.74) is 0. The van der Waals surface area contributed by atoms with E-state index in [0.717, 1.165) is 51.9 Å². The topological polar surface area (TPSA) is 61.4 Å². The van der Waals surface area contributed by atoms with E-state index in [1.807, 2.05) is 4.90 Å². The summed E-state index contributed by atoms with van der Waals surface area (Å²) in [6.45, 7) is 4.31. The smallest absolute Gasteiger partial charge is 0.224 e. The Balaban J connectivity index is 1.57. The first-order valence-electron chi connectivity index (χ1n) is 8.01. The maximum absolute atomic E-state index is 11.9. The summed E-state index contributed by atoms with van der Waals surface area (Å²) in [6.07, 6.45) is 6.69. The van der Waals surface area contributed by atoms with E-state index < -0.39 is 0 Å². The van der Waals surface area contributed by atoms with Crippen LogP contribution >= 0.6 is 0 Å². The fraction of sp³-hybridized carbons (Fsp3) is 0.867. The van der Waals surface area contributed by atoms with E-state index in [1.54, 1.807) is 0 Å². The van der Waals surface area contributed by atoms with Gasteiger partial charge < -0.3 is 15.5 Å². The molecule has 2 saturated heterocycles. The molecule has 0 saturated carbocycles. The normalized spacial score (nSPS) is 20.7. The van der Waals surface area contributed by atoms with E-state index in [-0.39, 0.29) is 11.8 Å². The van der Waals surface area contributed by atoms with Gasteiger partial charge in [0.25, 0.3) is 0 Å². The molecule has 5 heteroatoms. The lowest BCUT2D eigenvalue weighted by molar-refractivity contribution is -0.132. The molecule has 20 heavy (non-hydrogen) atoms. The SMILES string of the molecule is O=C(CC1CCNCC1)NCCC(=O)N1CCCCC1. The molecule has 0 aromatic heterocycles. The Morgan fingerprint density at radius 3 is 2.50 bits per heavy atom. The third-order valence-corrected chi connectivity index (χ3v) is 4.30. The van der Waals surface area contributed by atoms with Crippen LogP contribution in [0.1, 0.15) is 44.9 Å². The molecule has 0 unspecified atom stereocenters. The van der Waals surface area contributed by atoms with Gasteiger partial charge in [0.2, 0.25) is 11.8 Å². The summed E-state index contributed by atoms with van der Waals surface area (Å²) in [5, 5.41) is 6.19. The van der Waals surface area contributed by atoms with Crippen molar-refractivity contribution < 1.29 is 9.59 Å². The van der Waals surface area contributed by atoms with E-state index in [2.05, 4.69) is 10.6 Å². The highest BCUT2D eigenvalue weighted by Crippen LogP contribution is 2.15. The molecule has 0 bridgehead atoms. The molecule has 2 amide bonds. The van der Waals surface area contributed by atoms with Gasteiger partial charge in [0.05, 0.1) is 0 Å². The molecule has 2 rings (SSSR count). The summed E-state index contributed by atoms with van der Waals surface area (Å²) in [5.74, 6) is 0.796. The average Bonchev–Trinajstić information content (AvgIpc) is 2.49. The molecule has 2 aliphatic heterocycles. The summed E-state index contributed by atoms with van der Waals surface area (Å²) < 4.78 is 0. The van der Waals surface area contributed by atoms with E-state index in [1.165, 1.54) is 6.42 Å². The van der Waals surface area contributed by atoms with E-state index in [9.17, 15) is 9.59 Å². The lowest BCUT2D eigenvalue weighted by atomic mass is 9.94. The lowest BCUT2D eigenvalue weighted by Crippen LogP contribution is -2.38. The van der Waals surface area contributed by atoms with Crippen molar-refractivity contribution in [3.8, 4) is 0 Å². The fourth-order valence-corrected chi connectivity index (χ4v) is 3.03. The van der Waals surface area contributed by atoms with Crippen LogP contribution in [0.4, 0.5) is 0 Å². The number of piperidine rings is 2. The molecule has 2 aliphatic rings. The Morgan fingerprint density at radius 2 is 1.80 bits per heavy atom. The van der Waals surface area contributed by atoms with Crippen molar-refractivity contribution in [1.82, 2.24) is 15.5 Å². The molecule has 114 valence electrons. The summed E-state index contributed by atoms with van der Waals surface area (Å²) in [7, 11) is 0. The van der Waals surface area contributed by atoms with Crippen LogP contribution in [0.15, 0.2) is 0 Å². The van der Waals surface area contributed by atoms with Crippen molar-refractivity contribution in [2.24, 2.45) is 5.92 Å². The first-order valence-corrected chi connectivity index (χ1v) is 8.01. The number of rotatable bonds is 5. The molecule has 0 aromatic rings. The zero-order valence-corrected chi connectivity index (χ0v) is 12.3. The quantitative estimate of drug-likeness (QED) is 0.787. The van der Waals surface area contributed by atoms with Crippen LogP contribution in [-0.2, 0) is 9.59 Å². The molecule has 0 atom stereocenters. The predicted octanol–water partition coefficient (Wildman–Crippen LogP) is 0.895. The molecule has 2 fully saturated rings. The van der Waals surface area contributed by atoms with Crippen LogP contribution in [0.25, 0.3) is 0 Å². The second kappa shape index (κ2) is 8.25. The van der Waals surface area contributed by atoms with Crippen LogP contribution in [0, 0.1) is 5.92 Å². The van der Waals surface area contributed by atoms with Gasteiger partial charge in [-0.25, -0.2) is 0 Å². The molecule has 2 heterocycles. The number of likely N-dealkylation sites (tertiary alicyclic amines) is 1. The number of amides is 2. The molecule has 0 aromatic carbocycles. The van der Waals surface area contributed by atoms with Crippen molar-refractivity contribution in [2.45, 2.75) is 44.9 Å². The predicted molar refractivity (Wildman–Crippen MR) is 78.3 cm³/mol. The Bertz CT molecular complexity index is 321. The minimum absolute atomic E-state index is 0.100. The number of nitrogens with zero attached hydrogens (tertiary/aromatic N) is 1. The van der Waals surface area contributed by atoms with Crippen molar-refractivity contribution in [1.29, 1.82) is 0 Å². The summed E-state index contributed by atoms with van der Waals surface area (Å²) >= 11 is 0. The van der Waals surface area contributed by atoms with E-state index in [0.29, 0.717) is 25.3 Å². The van der Waals surface area contributed by atoms with Crippen LogP contribution in [0.5, 0.6) is 0 Å². The van der Waals surface area contributed by atoms with Crippen LogP contribution in [-0.4, -0.2) is 49.4 Å². The fourth-order valence-electron chi connectivity index (χ4n) is 3.03. The van der Waals surface area contributed by atoms with Crippen molar-refractivity contribution in [3.05, 3.63) is 0 Å². The molecule has 0 radical (unpaired) electrons. The van der Waals surface area contributed by atoms with Gasteiger partial charge in [-0.05, 0) is 51.1 Å². The van der Waals surface area contributed by atoms with E-state index in [4.69, 9.17) is 0 Å². The number of nitrogens with one attached hydrogen (secondary N) is 2. The number of carbonyl (C=O) groups excluding carboxylic acids is 2. The van der Waals surface area contributed by atoms with Crippen LogP contribution < -0.4 is 10.6 Å². The standard InChI is InChI=1S/C15H27N3O2/c19-14(12-13-4-7-16-8-5-13)17-9-6-15(20)18-10-2-1-3-11-18/h13,16H,1-12H2,(H,17,19). The maximum Gasteiger partial charge on any atom is 0.224 e. The van der Waals surface area contributed by atoms with Crippen molar-refractivity contribution in [2.75, 3.05) is 32.7 Å². The van der Waals surface area contributed by atoms with E-state index >= 15 is 0 Å². The summed E-state index contributed by atoms with van der Waals surface area (Å²) in [4.78, 5) is 25.7. The largest absolute Gasteiger partial charge is 0.356 e.